The maximum atomic E-state index is 13.2. The normalized spacial score (nSPS) is 18.6. The number of aromatic nitrogens is 1. The summed E-state index contributed by atoms with van der Waals surface area (Å²) in [5.74, 6) is 0.685. The summed E-state index contributed by atoms with van der Waals surface area (Å²) in [6.07, 6.45) is 5.17. The summed E-state index contributed by atoms with van der Waals surface area (Å²) in [7, 11) is -3.53. The number of piperidine rings is 1. The Labute approximate surface area is 182 Å². The Morgan fingerprint density at radius 1 is 1.03 bits per heavy atom. The van der Waals surface area contributed by atoms with Crippen LogP contribution in [0.25, 0.3) is 0 Å². The molecule has 162 valence electrons. The van der Waals surface area contributed by atoms with Gasteiger partial charge in [0.1, 0.15) is 5.82 Å². The fourth-order valence-electron chi connectivity index (χ4n) is 4.23. The van der Waals surface area contributed by atoms with Gasteiger partial charge in [0.25, 0.3) is 5.91 Å². The van der Waals surface area contributed by atoms with Crippen LogP contribution in [-0.2, 0) is 10.0 Å². The minimum absolute atomic E-state index is 0.0664. The van der Waals surface area contributed by atoms with E-state index in [1.54, 1.807) is 23.2 Å². The van der Waals surface area contributed by atoms with Crippen molar-refractivity contribution in [1.29, 1.82) is 0 Å². The second-order valence-electron chi connectivity index (χ2n) is 7.90. The van der Waals surface area contributed by atoms with Gasteiger partial charge in [-0.1, -0.05) is 0 Å². The molecule has 0 atom stereocenters. The monoisotopic (exact) mass is 448 g/mol. The van der Waals surface area contributed by atoms with E-state index in [4.69, 9.17) is 0 Å². The molecule has 2 fully saturated rings. The summed E-state index contributed by atoms with van der Waals surface area (Å²) in [5.41, 5.74) is 0.611. The van der Waals surface area contributed by atoms with Gasteiger partial charge < -0.3 is 9.80 Å². The average molecular weight is 449 g/mol. The lowest BCUT2D eigenvalue weighted by molar-refractivity contribution is 0.0698. The maximum absolute atomic E-state index is 13.2. The number of hydrogen-bond acceptors (Lipinski definition) is 6. The van der Waals surface area contributed by atoms with Crippen LogP contribution >= 0.6 is 11.3 Å². The summed E-state index contributed by atoms with van der Waals surface area (Å²) >= 11 is 1.50. The summed E-state index contributed by atoms with van der Waals surface area (Å²) < 4.78 is 27.6. The predicted octanol–water partition coefficient (Wildman–Crippen LogP) is 2.90. The van der Waals surface area contributed by atoms with E-state index in [0.717, 1.165) is 41.5 Å². The van der Waals surface area contributed by atoms with Crippen LogP contribution in [0.5, 0.6) is 0 Å². The van der Waals surface area contributed by atoms with E-state index >= 15 is 0 Å². The molecule has 2 aliphatic rings. The molecule has 0 saturated carbocycles. The molecule has 1 amide bonds. The van der Waals surface area contributed by atoms with Gasteiger partial charge in [-0.05, 0) is 51.3 Å². The lowest BCUT2D eigenvalue weighted by Gasteiger charge is -2.35. The Morgan fingerprint density at radius 3 is 2.37 bits per heavy atom. The van der Waals surface area contributed by atoms with Crippen molar-refractivity contribution in [1.82, 2.24) is 14.2 Å². The molecular weight excluding hydrogens is 420 g/mol. The third kappa shape index (κ3) is 4.10. The van der Waals surface area contributed by atoms with E-state index in [9.17, 15) is 13.2 Å². The molecule has 0 aliphatic carbocycles. The predicted molar refractivity (Wildman–Crippen MR) is 119 cm³/mol. The van der Waals surface area contributed by atoms with Crippen LogP contribution in [0.2, 0.25) is 0 Å². The van der Waals surface area contributed by atoms with Crippen molar-refractivity contribution in [2.24, 2.45) is 0 Å². The maximum Gasteiger partial charge on any atom is 0.257 e. The second kappa shape index (κ2) is 8.64. The first kappa shape index (κ1) is 21.3. The molecule has 4 rings (SSSR count). The van der Waals surface area contributed by atoms with Crippen molar-refractivity contribution in [2.45, 2.75) is 38.0 Å². The Morgan fingerprint density at radius 2 is 1.73 bits per heavy atom. The van der Waals surface area contributed by atoms with Crippen LogP contribution < -0.4 is 4.90 Å². The first-order valence-electron chi connectivity index (χ1n) is 10.4. The number of piperazine rings is 1. The Balaban J connectivity index is 1.47. The van der Waals surface area contributed by atoms with Gasteiger partial charge in [-0.25, -0.2) is 13.4 Å². The van der Waals surface area contributed by atoms with Gasteiger partial charge in [0.2, 0.25) is 10.0 Å². The largest absolute Gasteiger partial charge is 0.356 e. The fraction of sp³-hybridized carbons (Fsp3) is 0.524. The highest BCUT2D eigenvalue weighted by atomic mass is 32.2. The number of thiophene rings is 1. The van der Waals surface area contributed by atoms with Gasteiger partial charge in [-0.2, -0.15) is 4.31 Å². The zero-order chi connectivity index (χ0) is 21.3. The standard InChI is InChI=1S/C21H28N4O3S2/c1-16-15-19(17(2)29-16)30(27,28)25-13-11-24(12-14-25)21(26)18-7-6-8-22-20(18)23-9-4-3-5-10-23/h6-8,15H,3-5,9-14H2,1-2H3. The quantitative estimate of drug-likeness (QED) is 0.719. The Bertz CT molecular complexity index is 1020. The van der Waals surface area contributed by atoms with Crippen molar-refractivity contribution in [2.75, 3.05) is 44.2 Å². The first-order valence-corrected chi connectivity index (χ1v) is 12.7. The number of carbonyl (C=O) groups excluding carboxylic acids is 1. The van der Waals surface area contributed by atoms with Gasteiger partial charge >= 0.3 is 0 Å². The van der Waals surface area contributed by atoms with Gasteiger partial charge in [0.05, 0.1) is 10.5 Å². The van der Waals surface area contributed by atoms with Crippen LogP contribution in [0.4, 0.5) is 5.82 Å². The third-order valence-electron chi connectivity index (χ3n) is 5.81. The molecule has 9 heteroatoms. The zero-order valence-corrected chi connectivity index (χ0v) is 19.1. The fourth-order valence-corrected chi connectivity index (χ4v) is 7.17. The van der Waals surface area contributed by atoms with Crippen molar-refractivity contribution >= 4 is 33.1 Å². The lowest BCUT2D eigenvalue weighted by Crippen LogP contribution is -2.50. The molecule has 0 bridgehead atoms. The number of hydrogen-bond donors (Lipinski definition) is 0. The molecule has 2 saturated heterocycles. The van der Waals surface area contributed by atoms with Gasteiger partial charge in [-0.3, -0.25) is 4.79 Å². The van der Waals surface area contributed by atoms with Gasteiger partial charge in [0, 0.05) is 55.2 Å². The Hall–Kier alpha value is -1.97. The molecule has 2 aromatic heterocycles. The number of rotatable bonds is 4. The molecule has 2 aromatic rings. The number of pyridine rings is 1. The highest BCUT2D eigenvalue weighted by molar-refractivity contribution is 7.89. The van der Waals surface area contributed by atoms with Crippen LogP contribution in [0.3, 0.4) is 0 Å². The lowest BCUT2D eigenvalue weighted by atomic mass is 10.1. The van der Waals surface area contributed by atoms with Gasteiger partial charge in [-0.15, -0.1) is 11.3 Å². The second-order valence-corrected chi connectivity index (χ2v) is 11.3. The van der Waals surface area contributed by atoms with E-state index in [1.165, 1.54) is 22.1 Å². The minimum atomic E-state index is -3.53. The first-order chi connectivity index (χ1) is 14.4. The number of carbonyl (C=O) groups is 1. The number of sulfonamides is 1. The summed E-state index contributed by atoms with van der Waals surface area (Å²) in [4.78, 5) is 23.9. The van der Waals surface area contributed by atoms with Crippen molar-refractivity contribution in [3.8, 4) is 0 Å². The molecule has 0 aromatic carbocycles. The van der Waals surface area contributed by atoms with E-state index in [-0.39, 0.29) is 5.91 Å². The van der Waals surface area contributed by atoms with Crippen LogP contribution in [0.1, 0.15) is 39.4 Å². The van der Waals surface area contributed by atoms with Crippen LogP contribution in [0.15, 0.2) is 29.3 Å². The molecule has 2 aliphatic heterocycles. The smallest absolute Gasteiger partial charge is 0.257 e. The highest BCUT2D eigenvalue weighted by Gasteiger charge is 2.33. The molecule has 0 radical (unpaired) electrons. The molecule has 30 heavy (non-hydrogen) atoms. The van der Waals surface area contributed by atoms with E-state index in [1.807, 2.05) is 19.9 Å². The van der Waals surface area contributed by atoms with Crippen molar-refractivity contribution in [3.05, 3.63) is 39.7 Å². The SMILES string of the molecule is Cc1cc(S(=O)(=O)N2CCN(C(=O)c3cccnc3N3CCCCC3)CC2)c(C)s1. The number of nitrogens with zero attached hydrogens (tertiary/aromatic N) is 4. The van der Waals surface area contributed by atoms with Crippen molar-refractivity contribution in [3.63, 3.8) is 0 Å². The molecule has 0 spiro atoms. The summed E-state index contributed by atoms with van der Waals surface area (Å²) in [6.45, 7) is 6.98. The van der Waals surface area contributed by atoms with Gasteiger partial charge in [0.15, 0.2) is 0 Å². The molecule has 4 heterocycles. The summed E-state index contributed by atoms with van der Waals surface area (Å²) in [6, 6.07) is 5.37. The van der Waals surface area contributed by atoms with Crippen LogP contribution in [0, 0.1) is 13.8 Å². The molecule has 7 nitrogen and oxygen atoms in total. The topological polar surface area (TPSA) is 73.8 Å². The molecule has 0 N–H and O–H groups in total. The highest BCUT2D eigenvalue weighted by Crippen LogP contribution is 2.29. The average Bonchev–Trinajstić information content (AvgIpc) is 3.12. The van der Waals surface area contributed by atoms with E-state index in [0.29, 0.717) is 36.6 Å². The number of anilines is 1. The minimum Gasteiger partial charge on any atom is -0.356 e. The molecular formula is C21H28N4O3S2. The third-order valence-corrected chi connectivity index (χ3v) is 8.93. The summed E-state index contributed by atoms with van der Waals surface area (Å²) in [5, 5.41) is 0. The van der Waals surface area contributed by atoms with E-state index < -0.39 is 10.0 Å². The van der Waals surface area contributed by atoms with Crippen LogP contribution in [-0.4, -0.2) is 67.8 Å². The molecule has 0 unspecified atom stereocenters. The Kier molecular flexibility index (Phi) is 6.13. The zero-order valence-electron chi connectivity index (χ0n) is 17.5. The number of aryl methyl sites for hydroxylation is 2. The van der Waals surface area contributed by atoms with Crippen molar-refractivity contribution < 1.29 is 13.2 Å². The van der Waals surface area contributed by atoms with E-state index in [2.05, 4.69) is 9.88 Å². The number of amides is 1.